The zero-order valence-electron chi connectivity index (χ0n) is 5.74. The minimum absolute atomic E-state index is 0.279. The molecule has 2 unspecified atom stereocenters. The molecule has 0 radical (unpaired) electrons. The van der Waals surface area contributed by atoms with E-state index in [1.807, 2.05) is 6.66 Å². The Morgan fingerprint density at radius 1 is 1.90 bits per heavy atom. The Kier molecular flexibility index (Phi) is 2.82. The smallest absolute Gasteiger partial charge is 0.116 e. The van der Waals surface area contributed by atoms with Gasteiger partial charge in [0.1, 0.15) is 5.47 Å². The molecule has 1 heterocycles. The molecule has 0 amide bonds. The minimum atomic E-state index is -1.48. The molecule has 1 nitrogen and oxygen atoms in total. The quantitative estimate of drug-likeness (QED) is 0.429. The first-order valence-electron chi connectivity index (χ1n) is 2.97. The zero-order chi connectivity index (χ0) is 7.61. The number of hydrogen-bond acceptors (Lipinski definition) is 3. The van der Waals surface area contributed by atoms with Gasteiger partial charge in [0, 0.05) is 5.75 Å². The molecule has 2 atom stereocenters. The van der Waals surface area contributed by atoms with E-state index < -0.39 is 5.47 Å². The Balaban J connectivity index is 2.48. The van der Waals surface area contributed by atoms with E-state index in [9.17, 15) is 0 Å². The van der Waals surface area contributed by atoms with Crippen LogP contribution in [0.2, 0.25) is 0 Å². The molecular weight excluding hydrogens is 183 g/mol. The minimum Gasteiger partial charge on any atom is -0.340 e. The standard InChI is InChI=1S/C6H9OPS2/c1-3-6-4-7-8(2,9)10-5-6/h1,6H,4-5H2,2H3. The van der Waals surface area contributed by atoms with Crippen molar-refractivity contribution in [3.8, 4) is 12.3 Å². The number of rotatable bonds is 0. The average Bonchev–Trinajstić information content (AvgIpc) is 1.88. The first-order chi connectivity index (χ1) is 4.64. The second-order valence-corrected chi connectivity index (χ2v) is 10.3. The molecule has 0 aliphatic carbocycles. The van der Waals surface area contributed by atoms with Crippen LogP contribution in [0.15, 0.2) is 0 Å². The van der Waals surface area contributed by atoms with E-state index in [1.54, 1.807) is 11.4 Å². The maximum absolute atomic E-state index is 5.42. The highest BCUT2D eigenvalue weighted by Crippen LogP contribution is 2.59. The van der Waals surface area contributed by atoms with Crippen LogP contribution in [0.4, 0.5) is 0 Å². The van der Waals surface area contributed by atoms with Crippen molar-refractivity contribution in [1.82, 2.24) is 0 Å². The summed E-state index contributed by atoms with van der Waals surface area (Å²) in [4.78, 5) is 0. The Morgan fingerprint density at radius 2 is 2.60 bits per heavy atom. The van der Waals surface area contributed by atoms with Gasteiger partial charge >= 0.3 is 0 Å². The molecule has 1 aliphatic rings. The van der Waals surface area contributed by atoms with Crippen molar-refractivity contribution in [1.29, 1.82) is 0 Å². The van der Waals surface area contributed by atoms with Gasteiger partial charge in [0.25, 0.3) is 0 Å². The third-order valence-electron chi connectivity index (χ3n) is 1.26. The summed E-state index contributed by atoms with van der Waals surface area (Å²) in [5.41, 5.74) is -1.48. The lowest BCUT2D eigenvalue weighted by Crippen LogP contribution is -2.13. The summed E-state index contributed by atoms with van der Waals surface area (Å²) in [6, 6.07) is 0. The first-order valence-corrected chi connectivity index (χ1v) is 7.72. The van der Waals surface area contributed by atoms with E-state index in [1.165, 1.54) is 0 Å². The Labute approximate surface area is 70.7 Å². The molecule has 1 fully saturated rings. The molecule has 0 N–H and O–H groups in total. The largest absolute Gasteiger partial charge is 0.340 e. The highest BCUT2D eigenvalue weighted by Gasteiger charge is 2.21. The molecule has 10 heavy (non-hydrogen) atoms. The molecule has 0 aromatic heterocycles. The van der Waals surface area contributed by atoms with Crippen LogP contribution in [0.25, 0.3) is 0 Å². The third kappa shape index (κ3) is 2.29. The second-order valence-electron chi connectivity index (χ2n) is 2.23. The molecule has 1 aliphatic heterocycles. The fourth-order valence-electron chi connectivity index (χ4n) is 0.632. The summed E-state index contributed by atoms with van der Waals surface area (Å²) in [6.07, 6.45) is 5.23. The van der Waals surface area contributed by atoms with Gasteiger partial charge in [-0.15, -0.1) is 12.3 Å². The van der Waals surface area contributed by atoms with Crippen LogP contribution in [-0.2, 0) is 16.3 Å². The molecule has 1 rings (SSSR count). The van der Waals surface area contributed by atoms with Crippen molar-refractivity contribution >= 4 is 28.7 Å². The Hall–Kier alpha value is 0.520. The highest BCUT2D eigenvalue weighted by atomic mass is 32.9. The predicted molar refractivity (Wildman–Crippen MR) is 50.9 cm³/mol. The van der Waals surface area contributed by atoms with Crippen LogP contribution < -0.4 is 0 Å². The molecule has 4 heteroatoms. The van der Waals surface area contributed by atoms with Gasteiger partial charge in [-0.25, -0.2) is 0 Å². The molecule has 0 saturated carbocycles. The molecule has 0 spiro atoms. The summed E-state index contributed by atoms with van der Waals surface area (Å²) < 4.78 is 5.42. The summed E-state index contributed by atoms with van der Waals surface area (Å²) >= 11 is 6.89. The lowest BCUT2D eigenvalue weighted by molar-refractivity contribution is 0.324. The van der Waals surface area contributed by atoms with E-state index in [-0.39, 0.29) is 5.92 Å². The van der Waals surface area contributed by atoms with Crippen molar-refractivity contribution in [2.24, 2.45) is 5.92 Å². The SMILES string of the molecule is C#CC1COP(C)(=S)SC1. The van der Waals surface area contributed by atoms with E-state index in [2.05, 4.69) is 5.92 Å². The summed E-state index contributed by atoms with van der Waals surface area (Å²) in [6.45, 7) is 2.66. The molecular formula is C6H9OPS2. The molecule has 0 bridgehead atoms. The van der Waals surface area contributed by atoms with Crippen molar-refractivity contribution in [2.75, 3.05) is 19.0 Å². The maximum atomic E-state index is 5.42. The monoisotopic (exact) mass is 192 g/mol. The third-order valence-corrected chi connectivity index (χ3v) is 6.33. The fraction of sp³-hybridized carbons (Fsp3) is 0.667. The van der Waals surface area contributed by atoms with Crippen LogP contribution in [0.5, 0.6) is 0 Å². The van der Waals surface area contributed by atoms with Crippen LogP contribution in [0.3, 0.4) is 0 Å². The van der Waals surface area contributed by atoms with Gasteiger partial charge in [0.15, 0.2) is 0 Å². The molecule has 56 valence electrons. The van der Waals surface area contributed by atoms with Crippen LogP contribution >= 0.6 is 16.8 Å². The van der Waals surface area contributed by atoms with Gasteiger partial charge in [0.05, 0.1) is 12.5 Å². The van der Waals surface area contributed by atoms with Gasteiger partial charge in [-0.3, -0.25) is 0 Å². The Morgan fingerprint density at radius 3 is 3.00 bits per heavy atom. The van der Waals surface area contributed by atoms with Crippen LogP contribution in [0, 0.1) is 18.3 Å². The van der Waals surface area contributed by atoms with Crippen molar-refractivity contribution in [3.05, 3.63) is 0 Å². The van der Waals surface area contributed by atoms with Gasteiger partial charge in [-0.2, -0.15) is 0 Å². The first kappa shape index (κ1) is 8.62. The fourth-order valence-corrected chi connectivity index (χ4v) is 4.29. The molecule has 1 saturated heterocycles. The van der Waals surface area contributed by atoms with E-state index in [0.717, 1.165) is 5.75 Å². The normalized spacial score (nSPS) is 40.6. The van der Waals surface area contributed by atoms with Crippen LogP contribution in [0.1, 0.15) is 0 Å². The van der Waals surface area contributed by atoms with Crippen molar-refractivity contribution < 1.29 is 4.52 Å². The summed E-state index contributed by atoms with van der Waals surface area (Å²) in [7, 11) is 0. The van der Waals surface area contributed by atoms with E-state index in [0.29, 0.717) is 6.61 Å². The molecule has 0 aromatic rings. The lowest BCUT2D eigenvalue weighted by Gasteiger charge is -2.25. The number of hydrogen-bond donors (Lipinski definition) is 0. The lowest BCUT2D eigenvalue weighted by atomic mass is 10.2. The van der Waals surface area contributed by atoms with Crippen molar-refractivity contribution in [2.45, 2.75) is 0 Å². The molecule has 0 aromatic carbocycles. The summed E-state index contributed by atoms with van der Waals surface area (Å²) in [5, 5.41) is 0. The van der Waals surface area contributed by atoms with E-state index >= 15 is 0 Å². The highest BCUT2D eigenvalue weighted by molar-refractivity contribution is 8.69. The van der Waals surface area contributed by atoms with Crippen LogP contribution in [-0.4, -0.2) is 19.0 Å². The second kappa shape index (κ2) is 3.28. The van der Waals surface area contributed by atoms with E-state index in [4.69, 9.17) is 22.8 Å². The van der Waals surface area contributed by atoms with Crippen molar-refractivity contribution in [3.63, 3.8) is 0 Å². The van der Waals surface area contributed by atoms with Gasteiger partial charge in [-0.1, -0.05) is 23.2 Å². The predicted octanol–water partition coefficient (Wildman–Crippen LogP) is 1.94. The number of terminal acetylenes is 1. The maximum Gasteiger partial charge on any atom is 0.116 e. The Bertz CT molecular complexity index is 196. The van der Waals surface area contributed by atoms with Gasteiger partial charge in [0.2, 0.25) is 0 Å². The zero-order valence-corrected chi connectivity index (χ0v) is 8.27. The van der Waals surface area contributed by atoms with Gasteiger partial charge < -0.3 is 4.52 Å². The topological polar surface area (TPSA) is 9.23 Å². The average molecular weight is 192 g/mol. The van der Waals surface area contributed by atoms with Gasteiger partial charge in [-0.05, 0) is 6.66 Å². The summed E-state index contributed by atoms with van der Waals surface area (Å²) in [5.74, 6) is 3.92.